The number of amides is 3. The summed E-state index contributed by atoms with van der Waals surface area (Å²) in [4.78, 5) is 26.9. The molecule has 1 heterocycles. The van der Waals surface area contributed by atoms with E-state index >= 15 is 0 Å². The Bertz CT molecular complexity index is 558. The highest BCUT2D eigenvalue weighted by atomic mass is 16.2. The lowest BCUT2D eigenvalue weighted by atomic mass is 10.0. The fourth-order valence-electron chi connectivity index (χ4n) is 2.89. The number of carbonyl (C=O) groups excluding carboxylic acids is 2. The first-order valence-electron chi connectivity index (χ1n) is 9.35. The van der Waals surface area contributed by atoms with E-state index < -0.39 is 6.04 Å². The monoisotopic (exact) mass is 361 g/mol. The molecule has 1 aromatic rings. The van der Waals surface area contributed by atoms with E-state index in [-0.39, 0.29) is 17.9 Å². The molecule has 0 bridgehead atoms. The van der Waals surface area contributed by atoms with E-state index in [4.69, 9.17) is 0 Å². The quantitative estimate of drug-likeness (QED) is 0.544. The van der Waals surface area contributed by atoms with Gasteiger partial charge < -0.3 is 21.3 Å². The molecule has 26 heavy (non-hydrogen) atoms. The zero-order valence-electron chi connectivity index (χ0n) is 15.8. The van der Waals surface area contributed by atoms with Crippen LogP contribution in [0.15, 0.2) is 30.3 Å². The maximum absolute atomic E-state index is 12.5. The molecular formula is C19H31N5O2. The van der Waals surface area contributed by atoms with E-state index in [1.807, 2.05) is 44.2 Å². The van der Waals surface area contributed by atoms with Crippen molar-refractivity contribution < 1.29 is 9.59 Å². The van der Waals surface area contributed by atoms with E-state index in [0.717, 1.165) is 38.3 Å². The minimum atomic E-state index is -0.547. The van der Waals surface area contributed by atoms with Gasteiger partial charge in [-0.05, 0) is 11.5 Å². The first-order chi connectivity index (χ1) is 12.6. The van der Waals surface area contributed by atoms with Gasteiger partial charge in [-0.3, -0.25) is 9.69 Å². The molecule has 0 spiro atoms. The lowest BCUT2D eigenvalue weighted by Crippen LogP contribution is -2.53. The lowest BCUT2D eigenvalue weighted by molar-refractivity contribution is -0.123. The van der Waals surface area contributed by atoms with E-state index in [9.17, 15) is 9.59 Å². The predicted molar refractivity (Wildman–Crippen MR) is 103 cm³/mol. The van der Waals surface area contributed by atoms with Crippen molar-refractivity contribution in [2.75, 3.05) is 39.3 Å². The maximum atomic E-state index is 12.5. The van der Waals surface area contributed by atoms with Gasteiger partial charge in [0.05, 0.1) is 0 Å². The molecule has 4 N–H and O–H groups in total. The number of hydrogen-bond donors (Lipinski definition) is 4. The Balaban J connectivity index is 1.73. The van der Waals surface area contributed by atoms with Gasteiger partial charge in [0.2, 0.25) is 5.91 Å². The number of rotatable bonds is 8. The molecule has 0 saturated carbocycles. The molecule has 0 aromatic heterocycles. The molecular weight excluding hydrogens is 330 g/mol. The highest BCUT2D eigenvalue weighted by molar-refractivity contribution is 5.87. The molecule has 1 unspecified atom stereocenters. The average Bonchev–Trinajstić information content (AvgIpc) is 2.65. The second-order valence-electron chi connectivity index (χ2n) is 6.92. The molecule has 1 saturated heterocycles. The highest BCUT2D eigenvalue weighted by Gasteiger charge is 2.24. The van der Waals surface area contributed by atoms with Crippen LogP contribution in [0.25, 0.3) is 0 Å². The number of carbonyl (C=O) groups is 2. The summed E-state index contributed by atoms with van der Waals surface area (Å²) in [5, 5.41) is 11.8. The molecule has 1 fully saturated rings. The molecule has 3 amide bonds. The van der Waals surface area contributed by atoms with Crippen molar-refractivity contribution in [3.8, 4) is 0 Å². The first-order valence-corrected chi connectivity index (χ1v) is 9.35. The zero-order chi connectivity index (χ0) is 18.8. The van der Waals surface area contributed by atoms with Gasteiger partial charge in [-0.15, -0.1) is 0 Å². The van der Waals surface area contributed by atoms with E-state index in [1.165, 1.54) is 0 Å². The Labute approximate surface area is 155 Å². The molecule has 1 aliphatic rings. The van der Waals surface area contributed by atoms with Gasteiger partial charge in [-0.25, -0.2) is 4.79 Å². The summed E-state index contributed by atoms with van der Waals surface area (Å²) in [5.74, 6) is -0.123. The molecule has 1 aromatic carbocycles. The molecule has 0 radical (unpaired) electrons. The van der Waals surface area contributed by atoms with Crippen molar-refractivity contribution in [1.82, 2.24) is 26.2 Å². The van der Waals surface area contributed by atoms with Crippen LogP contribution in [0, 0.1) is 5.92 Å². The second kappa shape index (κ2) is 10.8. The van der Waals surface area contributed by atoms with Gasteiger partial charge in [0, 0.05) is 45.8 Å². The van der Waals surface area contributed by atoms with Crippen molar-refractivity contribution in [3.63, 3.8) is 0 Å². The maximum Gasteiger partial charge on any atom is 0.315 e. The van der Waals surface area contributed by atoms with Crippen LogP contribution < -0.4 is 21.3 Å². The average molecular weight is 361 g/mol. The fraction of sp³-hybridized carbons (Fsp3) is 0.579. The van der Waals surface area contributed by atoms with Gasteiger partial charge in [0.15, 0.2) is 0 Å². The topological polar surface area (TPSA) is 85.5 Å². The highest BCUT2D eigenvalue weighted by Crippen LogP contribution is 2.02. The number of urea groups is 1. The van der Waals surface area contributed by atoms with Crippen molar-refractivity contribution in [2.45, 2.75) is 26.4 Å². The SMILES string of the molecule is CC(C)C(NC(=O)NCc1ccccc1)C(=O)NCCN1CCNCC1. The molecule has 1 atom stereocenters. The number of benzene rings is 1. The minimum absolute atomic E-state index is 0.0108. The molecule has 0 aliphatic carbocycles. The van der Waals surface area contributed by atoms with Crippen molar-refractivity contribution in [1.29, 1.82) is 0 Å². The van der Waals surface area contributed by atoms with Crippen LogP contribution in [0.2, 0.25) is 0 Å². The van der Waals surface area contributed by atoms with Crippen LogP contribution in [0.3, 0.4) is 0 Å². The molecule has 144 valence electrons. The third-order valence-corrected chi connectivity index (χ3v) is 4.47. The normalized spacial score (nSPS) is 16.1. The Morgan fingerprint density at radius 1 is 1.12 bits per heavy atom. The molecule has 7 nitrogen and oxygen atoms in total. The van der Waals surface area contributed by atoms with E-state index in [1.54, 1.807) is 0 Å². The van der Waals surface area contributed by atoms with Gasteiger partial charge in [0.25, 0.3) is 0 Å². The van der Waals surface area contributed by atoms with Crippen LogP contribution in [-0.2, 0) is 11.3 Å². The van der Waals surface area contributed by atoms with Gasteiger partial charge in [0.1, 0.15) is 6.04 Å². The van der Waals surface area contributed by atoms with Crippen LogP contribution in [-0.4, -0.2) is 62.1 Å². The van der Waals surface area contributed by atoms with Gasteiger partial charge in [-0.1, -0.05) is 44.2 Å². The van der Waals surface area contributed by atoms with Crippen molar-refractivity contribution >= 4 is 11.9 Å². The summed E-state index contributed by atoms with van der Waals surface area (Å²) in [6.07, 6.45) is 0. The van der Waals surface area contributed by atoms with Crippen molar-refractivity contribution in [3.05, 3.63) is 35.9 Å². The van der Waals surface area contributed by atoms with E-state index in [2.05, 4.69) is 26.2 Å². The fourth-order valence-corrected chi connectivity index (χ4v) is 2.89. The van der Waals surface area contributed by atoms with Gasteiger partial charge in [-0.2, -0.15) is 0 Å². The minimum Gasteiger partial charge on any atom is -0.353 e. The molecule has 2 rings (SSSR count). The Morgan fingerprint density at radius 2 is 1.81 bits per heavy atom. The third-order valence-electron chi connectivity index (χ3n) is 4.47. The predicted octanol–water partition coefficient (Wildman–Crippen LogP) is 0.532. The number of hydrogen-bond acceptors (Lipinski definition) is 4. The number of piperazine rings is 1. The zero-order valence-corrected chi connectivity index (χ0v) is 15.8. The largest absolute Gasteiger partial charge is 0.353 e. The first kappa shape index (κ1) is 20.2. The lowest BCUT2D eigenvalue weighted by Gasteiger charge is -2.28. The summed E-state index contributed by atoms with van der Waals surface area (Å²) in [6, 6.07) is 8.81. The number of nitrogens with one attached hydrogen (secondary N) is 4. The molecule has 7 heteroatoms. The van der Waals surface area contributed by atoms with Crippen LogP contribution >= 0.6 is 0 Å². The number of nitrogens with zero attached hydrogens (tertiary/aromatic N) is 1. The second-order valence-corrected chi connectivity index (χ2v) is 6.92. The van der Waals surface area contributed by atoms with E-state index in [0.29, 0.717) is 13.1 Å². The summed E-state index contributed by atoms with van der Waals surface area (Å²) in [5.41, 5.74) is 1.02. The standard InChI is InChI=1S/C19H31N5O2/c1-15(2)17(18(25)21-10-13-24-11-8-20-9-12-24)23-19(26)22-14-16-6-4-3-5-7-16/h3-7,15,17,20H,8-14H2,1-2H3,(H,21,25)(H2,22,23,26). The Hall–Kier alpha value is -2.12. The van der Waals surface area contributed by atoms with Crippen LogP contribution in [0.4, 0.5) is 4.79 Å². The van der Waals surface area contributed by atoms with Crippen molar-refractivity contribution in [2.24, 2.45) is 5.92 Å². The summed E-state index contributed by atoms with van der Waals surface area (Å²) in [7, 11) is 0. The third kappa shape index (κ3) is 7.01. The molecule has 1 aliphatic heterocycles. The summed E-state index contributed by atoms with van der Waals surface area (Å²) >= 11 is 0. The summed E-state index contributed by atoms with van der Waals surface area (Å²) in [6.45, 7) is 9.70. The summed E-state index contributed by atoms with van der Waals surface area (Å²) < 4.78 is 0. The van der Waals surface area contributed by atoms with Crippen LogP contribution in [0.5, 0.6) is 0 Å². The smallest absolute Gasteiger partial charge is 0.315 e. The Kier molecular flexibility index (Phi) is 8.37. The Morgan fingerprint density at radius 3 is 2.46 bits per heavy atom. The van der Waals surface area contributed by atoms with Gasteiger partial charge >= 0.3 is 6.03 Å². The van der Waals surface area contributed by atoms with Crippen LogP contribution in [0.1, 0.15) is 19.4 Å².